The van der Waals surface area contributed by atoms with Gasteiger partial charge in [0, 0.05) is 25.1 Å². The van der Waals surface area contributed by atoms with E-state index >= 15 is 0 Å². The van der Waals surface area contributed by atoms with E-state index in [1.54, 1.807) is 5.38 Å². The first-order chi connectivity index (χ1) is 8.74. The van der Waals surface area contributed by atoms with Gasteiger partial charge in [-0.25, -0.2) is 4.98 Å². The van der Waals surface area contributed by atoms with E-state index in [1.807, 2.05) is 0 Å². The molecule has 2 heterocycles. The lowest BCUT2D eigenvalue weighted by molar-refractivity contribution is 0.101. The summed E-state index contributed by atoms with van der Waals surface area (Å²) in [5.41, 5.74) is 0.468. The molecular formula is C12H17ClN2O2S. The number of Topliss-reactive ketones (excluding diaryl/α,β-unsaturated/α-hetero) is 1. The third-order valence-corrected chi connectivity index (χ3v) is 4.14. The molecule has 1 aromatic rings. The predicted molar refractivity (Wildman–Crippen MR) is 74.0 cm³/mol. The lowest BCUT2D eigenvalue weighted by Gasteiger charge is -2.23. The molecule has 4 nitrogen and oxygen atoms in total. The van der Waals surface area contributed by atoms with Crippen LogP contribution in [0, 0.1) is 0 Å². The quantitative estimate of drug-likeness (QED) is 0.596. The number of hydrogen-bond donors (Lipinski definition) is 0. The second-order valence-electron chi connectivity index (χ2n) is 4.25. The average Bonchev–Trinajstić information content (AvgIpc) is 3.05. The summed E-state index contributed by atoms with van der Waals surface area (Å²) < 4.78 is 5.63. The van der Waals surface area contributed by atoms with Crippen LogP contribution in [0.3, 0.4) is 0 Å². The molecule has 0 bridgehead atoms. The Morgan fingerprint density at radius 2 is 2.56 bits per heavy atom. The lowest BCUT2D eigenvalue weighted by Crippen LogP contribution is -2.32. The van der Waals surface area contributed by atoms with Gasteiger partial charge in [-0.1, -0.05) is 0 Å². The van der Waals surface area contributed by atoms with E-state index in [4.69, 9.17) is 16.3 Å². The minimum Gasteiger partial charge on any atom is -0.376 e. The van der Waals surface area contributed by atoms with Crippen molar-refractivity contribution in [2.45, 2.75) is 25.9 Å². The predicted octanol–water partition coefficient (Wildman–Crippen LogP) is 2.57. The monoisotopic (exact) mass is 288 g/mol. The Bertz CT molecular complexity index is 405. The molecule has 0 aliphatic carbocycles. The van der Waals surface area contributed by atoms with Crippen LogP contribution in [-0.2, 0) is 4.74 Å². The van der Waals surface area contributed by atoms with Crippen molar-refractivity contribution in [1.82, 2.24) is 4.98 Å². The summed E-state index contributed by atoms with van der Waals surface area (Å²) in [6.07, 6.45) is 2.53. The number of likely N-dealkylation sites (N-methyl/N-ethyl adjacent to an activating group) is 1. The molecule has 1 aromatic heterocycles. The van der Waals surface area contributed by atoms with Crippen molar-refractivity contribution in [2.75, 3.05) is 30.5 Å². The van der Waals surface area contributed by atoms with Crippen molar-refractivity contribution >= 4 is 33.9 Å². The summed E-state index contributed by atoms with van der Waals surface area (Å²) in [5, 5.41) is 2.65. The molecular weight excluding hydrogens is 272 g/mol. The van der Waals surface area contributed by atoms with Crippen molar-refractivity contribution in [3.8, 4) is 0 Å². The van der Waals surface area contributed by atoms with Gasteiger partial charge >= 0.3 is 0 Å². The molecule has 1 aliphatic rings. The number of carbonyl (C=O) groups is 1. The number of halogens is 1. The standard InChI is InChI=1S/C12H17ClN2O2S/c1-2-15(7-9-4-3-5-17-9)12-14-10(8-18-12)11(16)6-13/h8-9H,2-7H2,1H3. The number of nitrogens with zero attached hydrogens (tertiary/aromatic N) is 2. The van der Waals surface area contributed by atoms with Gasteiger partial charge in [0.05, 0.1) is 12.0 Å². The minimum absolute atomic E-state index is 0.0129. The number of carbonyl (C=O) groups excluding carboxylic acids is 1. The van der Waals surface area contributed by atoms with Gasteiger partial charge in [-0.2, -0.15) is 0 Å². The minimum atomic E-state index is -0.118. The first-order valence-corrected chi connectivity index (χ1v) is 7.57. The Morgan fingerprint density at radius 1 is 1.72 bits per heavy atom. The highest BCUT2D eigenvalue weighted by atomic mass is 35.5. The molecule has 100 valence electrons. The van der Waals surface area contributed by atoms with Gasteiger partial charge in [0.1, 0.15) is 5.69 Å². The molecule has 1 atom stereocenters. The van der Waals surface area contributed by atoms with Crippen molar-refractivity contribution in [3.05, 3.63) is 11.1 Å². The van der Waals surface area contributed by atoms with E-state index in [1.165, 1.54) is 11.3 Å². The third kappa shape index (κ3) is 3.22. The molecule has 0 N–H and O–H groups in total. The SMILES string of the molecule is CCN(CC1CCCO1)c1nc(C(=O)CCl)cs1. The smallest absolute Gasteiger partial charge is 0.196 e. The zero-order valence-electron chi connectivity index (χ0n) is 10.4. The Hall–Kier alpha value is -0.650. The van der Waals surface area contributed by atoms with Crippen molar-refractivity contribution in [2.24, 2.45) is 0 Å². The van der Waals surface area contributed by atoms with Crippen LogP contribution in [0.25, 0.3) is 0 Å². The molecule has 1 aliphatic heterocycles. The molecule has 0 saturated carbocycles. The molecule has 1 unspecified atom stereocenters. The maximum Gasteiger partial charge on any atom is 0.196 e. The van der Waals surface area contributed by atoms with E-state index in [-0.39, 0.29) is 11.7 Å². The van der Waals surface area contributed by atoms with Crippen molar-refractivity contribution in [3.63, 3.8) is 0 Å². The average molecular weight is 289 g/mol. The van der Waals surface area contributed by atoms with Crippen LogP contribution < -0.4 is 4.90 Å². The van der Waals surface area contributed by atoms with E-state index in [2.05, 4.69) is 16.8 Å². The second kappa shape index (κ2) is 6.50. The normalized spacial score (nSPS) is 19.1. The highest BCUT2D eigenvalue weighted by molar-refractivity contribution is 7.14. The number of ether oxygens (including phenoxy) is 1. The van der Waals surface area contributed by atoms with Crippen LogP contribution in [-0.4, -0.2) is 42.4 Å². The number of alkyl halides is 1. The Labute approximate surface area is 116 Å². The number of aromatic nitrogens is 1. The first kappa shape index (κ1) is 13.8. The van der Waals surface area contributed by atoms with Crippen LogP contribution >= 0.6 is 22.9 Å². The number of hydrogen-bond acceptors (Lipinski definition) is 5. The Kier molecular flexibility index (Phi) is 4.97. The largest absolute Gasteiger partial charge is 0.376 e. The molecule has 1 fully saturated rings. The van der Waals surface area contributed by atoms with Crippen LogP contribution in [0.5, 0.6) is 0 Å². The van der Waals surface area contributed by atoms with Crippen molar-refractivity contribution < 1.29 is 9.53 Å². The molecule has 18 heavy (non-hydrogen) atoms. The van der Waals surface area contributed by atoms with Crippen LogP contribution in [0.2, 0.25) is 0 Å². The summed E-state index contributed by atoms with van der Waals surface area (Å²) in [6, 6.07) is 0. The van der Waals surface area contributed by atoms with Gasteiger partial charge in [0.15, 0.2) is 10.9 Å². The summed E-state index contributed by atoms with van der Waals surface area (Å²) in [6.45, 7) is 4.65. The fourth-order valence-corrected chi connectivity index (χ4v) is 3.02. The number of anilines is 1. The third-order valence-electron chi connectivity index (χ3n) is 3.00. The number of thiazole rings is 1. The number of ketones is 1. The van der Waals surface area contributed by atoms with Crippen molar-refractivity contribution in [1.29, 1.82) is 0 Å². The maximum atomic E-state index is 11.5. The first-order valence-electron chi connectivity index (χ1n) is 6.15. The zero-order valence-corrected chi connectivity index (χ0v) is 12.0. The summed E-state index contributed by atoms with van der Waals surface area (Å²) in [7, 11) is 0. The van der Waals surface area contributed by atoms with Crippen LogP contribution in [0.15, 0.2) is 5.38 Å². The van der Waals surface area contributed by atoms with Gasteiger partial charge in [0.2, 0.25) is 0 Å². The molecule has 2 rings (SSSR count). The van der Waals surface area contributed by atoms with E-state index < -0.39 is 0 Å². The Balaban J connectivity index is 2.02. The van der Waals surface area contributed by atoms with Crippen LogP contribution in [0.1, 0.15) is 30.3 Å². The lowest BCUT2D eigenvalue weighted by atomic mass is 10.2. The summed E-state index contributed by atoms with van der Waals surface area (Å²) in [4.78, 5) is 18.0. The molecule has 0 radical (unpaired) electrons. The second-order valence-corrected chi connectivity index (χ2v) is 5.35. The van der Waals surface area contributed by atoms with Gasteiger partial charge in [-0.3, -0.25) is 4.79 Å². The molecule has 6 heteroatoms. The maximum absolute atomic E-state index is 11.5. The summed E-state index contributed by atoms with van der Waals surface area (Å²) >= 11 is 7.02. The zero-order chi connectivity index (χ0) is 13.0. The molecule has 0 aromatic carbocycles. The van der Waals surface area contributed by atoms with Gasteiger partial charge in [-0.15, -0.1) is 22.9 Å². The molecule has 1 saturated heterocycles. The topological polar surface area (TPSA) is 42.4 Å². The van der Waals surface area contributed by atoms with Gasteiger partial charge in [0.25, 0.3) is 0 Å². The van der Waals surface area contributed by atoms with Crippen LogP contribution in [0.4, 0.5) is 5.13 Å². The fraction of sp³-hybridized carbons (Fsp3) is 0.667. The summed E-state index contributed by atoms with van der Waals surface area (Å²) in [5.74, 6) is -0.131. The molecule has 0 spiro atoms. The van der Waals surface area contributed by atoms with E-state index in [9.17, 15) is 4.79 Å². The van der Waals surface area contributed by atoms with Gasteiger partial charge < -0.3 is 9.64 Å². The highest BCUT2D eigenvalue weighted by Crippen LogP contribution is 2.23. The van der Waals surface area contributed by atoms with E-state index in [0.29, 0.717) is 11.8 Å². The van der Waals surface area contributed by atoms with Gasteiger partial charge in [-0.05, 0) is 19.8 Å². The fourth-order valence-electron chi connectivity index (χ4n) is 1.98. The van der Waals surface area contributed by atoms with E-state index in [0.717, 1.165) is 37.7 Å². The molecule has 0 amide bonds. The number of rotatable bonds is 6. The Morgan fingerprint density at radius 3 is 3.17 bits per heavy atom. The highest BCUT2D eigenvalue weighted by Gasteiger charge is 2.21.